The summed E-state index contributed by atoms with van der Waals surface area (Å²) in [6.45, 7) is 0.797. The average molecular weight is 208 g/mol. The maximum absolute atomic E-state index is 10.7. The number of rotatable bonds is 0. The number of hydrogen-bond acceptors (Lipinski definition) is 6. The van der Waals surface area contributed by atoms with Crippen LogP contribution in [0, 0.1) is 5.41 Å². The predicted molar refractivity (Wildman–Crippen MR) is 39.8 cm³/mol. The van der Waals surface area contributed by atoms with E-state index in [1.807, 2.05) is 0 Å². The molecular formula is C6H8O6S. The second-order valence-electron chi connectivity index (χ2n) is 3.06. The van der Waals surface area contributed by atoms with Gasteiger partial charge in [-0.15, -0.1) is 0 Å². The van der Waals surface area contributed by atoms with E-state index in [2.05, 4.69) is 9.47 Å². The Morgan fingerprint density at radius 1 is 1.08 bits per heavy atom. The molecule has 2 rings (SSSR count). The van der Waals surface area contributed by atoms with Crippen LogP contribution in [0.1, 0.15) is 0 Å². The van der Waals surface area contributed by atoms with Crippen LogP contribution in [0.5, 0.6) is 0 Å². The molecule has 2 saturated heterocycles. The largest absolute Gasteiger partial charge is 0.508 e. The van der Waals surface area contributed by atoms with Crippen molar-refractivity contribution in [3.05, 3.63) is 0 Å². The van der Waals surface area contributed by atoms with Gasteiger partial charge in [0.2, 0.25) is 0 Å². The summed E-state index contributed by atoms with van der Waals surface area (Å²) in [5.41, 5.74) is -0.484. The molecule has 2 heterocycles. The van der Waals surface area contributed by atoms with Crippen LogP contribution in [0.3, 0.4) is 0 Å². The first kappa shape index (κ1) is 8.92. The molecule has 1 spiro atoms. The van der Waals surface area contributed by atoms with Crippen molar-refractivity contribution >= 4 is 17.5 Å². The molecule has 2 fully saturated rings. The standard InChI is InChI=1S/C6H8O6S/c7-5-9-1-6(2-10-5)3-11-13(8)12-4-6/h1-4H2. The monoisotopic (exact) mass is 208 g/mol. The molecule has 13 heavy (non-hydrogen) atoms. The van der Waals surface area contributed by atoms with E-state index < -0.39 is 22.9 Å². The summed E-state index contributed by atoms with van der Waals surface area (Å²) < 4.78 is 29.6. The van der Waals surface area contributed by atoms with E-state index in [1.54, 1.807) is 0 Å². The van der Waals surface area contributed by atoms with Crippen molar-refractivity contribution in [2.75, 3.05) is 26.4 Å². The van der Waals surface area contributed by atoms with Crippen molar-refractivity contribution in [3.63, 3.8) is 0 Å². The van der Waals surface area contributed by atoms with Crippen LogP contribution >= 0.6 is 0 Å². The maximum Gasteiger partial charge on any atom is 0.508 e. The van der Waals surface area contributed by atoms with Gasteiger partial charge in [0, 0.05) is 0 Å². The molecule has 0 atom stereocenters. The third-order valence-corrected chi connectivity index (χ3v) is 2.54. The highest BCUT2D eigenvalue weighted by Gasteiger charge is 2.42. The van der Waals surface area contributed by atoms with Crippen LogP contribution in [0.15, 0.2) is 0 Å². The third kappa shape index (κ3) is 1.82. The first-order valence-corrected chi connectivity index (χ1v) is 4.68. The molecule has 7 heteroatoms. The van der Waals surface area contributed by atoms with Gasteiger partial charge in [0.15, 0.2) is 0 Å². The Morgan fingerprint density at radius 3 is 2.15 bits per heavy atom. The van der Waals surface area contributed by atoms with Gasteiger partial charge in [-0.25, -0.2) is 4.79 Å². The Hall–Kier alpha value is -0.660. The van der Waals surface area contributed by atoms with E-state index in [1.165, 1.54) is 0 Å². The molecule has 2 aliphatic rings. The SMILES string of the molecule is O=C1OCC2(CO1)COS(=O)OC2. The van der Waals surface area contributed by atoms with Crippen molar-refractivity contribution in [3.8, 4) is 0 Å². The summed E-state index contributed by atoms with van der Waals surface area (Å²) in [5, 5.41) is 0. The summed E-state index contributed by atoms with van der Waals surface area (Å²) >= 11 is -1.67. The lowest BCUT2D eigenvalue weighted by atomic mass is 9.92. The fourth-order valence-electron chi connectivity index (χ4n) is 1.10. The van der Waals surface area contributed by atoms with E-state index in [4.69, 9.17) is 8.37 Å². The Labute approximate surface area is 77.0 Å². The summed E-state index contributed by atoms with van der Waals surface area (Å²) in [4.78, 5) is 10.6. The van der Waals surface area contributed by atoms with Gasteiger partial charge in [0.05, 0.1) is 18.6 Å². The Balaban J connectivity index is 1.98. The van der Waals surface area contributed by atoms with E-state index in [-0.39, 0.29) is 26.4 Å². The maximum atomic E-state index is 10.7. The minimum absolute atomic E-state index is 0.184. The molecule has 0 saturated carbocycles. The first-order chi connectivity index (χ1) is 6.20. The van der Waals surface area contributed by atoms with Crippen LogP contribution in [0.2, 0.25) is 0 Å². The summed E-state index contributed by atoms with van der Waals surface area (Å²) in [7, 11) is 0. The fraction of sp³-hybridized carbons (Fsp3) is 0.833. The van der Waals surface area contributed by atoms with Gasteiger partial charge >= 0.3 is 17.5 Å². The topological polar surface area (TPSA) is 71.1 Å². The highest BCUT2D eigenvalue weighted by molar-refractivity contribution is 7.75. The van der Waals surface area contributed by atoms with Gasteiger partial charge in [-0.05, 0) is 0 Å². The molecule has 0 bridgehead atoms. The lowest BCUT2D eigenvalue weighted by Crippen LogP contribution is -2.49. The van der Waals surface area contributed by atoms with E-state index in [9.17, 15) is 9.00 Å². The molecular weight excluding hydrogens is 200 g/mol. The van der Waals surface area contributed by atoms with E-state index in [0.717, 1.165) is 0 Å². The van der Waals surface area contributed by atoms with Gasteiger partial charge < -0.3 is 9.47 Å². The van der Waals surface area contributed by atoms with Gasteiger partial charge in [0.1, 0.15) is 13.2 Å². The highest BCUT2D eigenvalue weighted by atomic mass is 32.2. The average Bonchev–Trinajstić information content (AvgIpc) is 2.16. The molecule has 0 aromatic carbocycles. The lowest BCUT2D eigenvalue weighted by molar-refractivity contribution is -0.104. The minimum atomic E-state index is -1.67. The zero-order valence-corrected chi connectivity index (χ0v) is 7.50. The Bertz CT molecular complexity index is 202. The number of carbonyl (C=O) groups excluding carboxylic acids is 1. The molecule has 0 aromatic rings. The van der Waals surface area contributed by atoms with Crippen molar-refractivity contribution < 1.29 is 26.8 Å². The number of hydrogen-bond donors (Lipinski definition) is 0. The predicted octanol–water partition coefficient (Wildman–Crippen LogP) is -0.235. The summed E-state index contributed by atoms with van der Waals surface area (Å²) in [6, 6.07) is 0. The lowest BCUT2D eigenvalue weighted by Gasteiger charge is -2.36. The van der Waals surface area contributed by atoms with E-state index >= 15 is 0 Å². The van der Waals surface area contributed by atoms with Crippen LogP contribution in [-0.2, 0) is 29.2 Å². The third-order valence-electron chi connectivity index (χ3n) is 1.92. The van der Waals surface area contributed by atoms with Crippen molar-refractivity contribution in [1.82, 2.24) is 0 Å². The second-order valence-corrected chi connectivity index (χ2v) is 3.94. The molecule has 0 N–H and O–H groups in total. The Morgan fingerprint density at radius 2 is 1.62 bits per heavy atom. The van der Waals surface area contributed by atoms with Crippen molar-refractivity contribution in [1.29, 1.82) is 0 Å². The molecule has 0 aliphatic carbocycles. The number of ether oxygens (including phenoxy) is 2. The van der Waals surface area contributed by atoms with Crippen LogP contribution in [0.25, 0.3) is 0 Å². The molecule has 6 nitrogen and oxygen atoms in total. The zero-order chi connectivity index (χ0) is 9.31. The molecule has 0 radical (unpaired) electrons. The van der Waals surface area contributed by atoms with Crippen molar-refractivity contribution in [2.24, 2.45) is 5.41 Å². The van der Waals surface area contributed by atoms with E-state index in [0.29, 0.717) is 0 Å². The molecule has 74 valence electrons. The smallest absolute Gasteiger partial charge is 0.433 e. The van der Waals surface area contributed by atoms with Crippen LogP contribution in [0.4, 0.5) is 4.79 Å². The molecule has 0 aromatic heterocycles. The number of carbonyl (C=O) groups is 1. The van der Waals surface area contributed by atoms with Gasteiger partial charge in [-0.1, -0.05) is 0 Å². The Kier molecular flexibility index (Phi) is 2.22. The fourth-order valence-corrected chi connectivity index (χ4v) is 1.86. The van der Waals surface area contributed by atoms with Gasteiger partial charge in [-0.3, -0.25) is 8.37 Å². The van der Waals surface area contributed by atoms with Gasteiger partial charge in [-0.2, -0.15) is 4.21 Å². The van der Waals surface area contributed by atoms with Gasteiger partial charge in [0.25, 0.3) is 0 Å². The highest BCUT2D eigenvalue weighted by Crippen LogP contribution is 2.28. The zero-order valence-electron chi connectivity index (χ0n) is 6.69. The summed E-state index contributed by atoms with van der Waals surface area (Å²) in [6.07, 6.45) is -0.683. The van der Waals surface area contributed by atoms with Crippen LogP contribution < -0.4 is 0 Å². The second kappa shape index (κ2) is 3.24. The van der Waals surface area contributed by atoms with Crippen molar-refractivity contribution in [2.45, 2.75) is 0 Å². The minimum Gasteiger partial charge on any atom is -0.433 e. The quantitative estimate of drug-likeness (QED) is 0.512. The molecule has 0 amide bonds. The van der Waals surface area contributed by atoms with Crippen LogP contribution in [-0.4, -0.2) is 36.8 Å². The molecule has 2 aliphatic heterocycles. The summed E-state index contributed by atoms with van der Waals surface area (Å²) in [5.74, 6) is 0. The normalized spacial score (nSPS) is 28.2. The number of cyclic esters (lactones) is 2. The first-order valence-electron chi connectivity index (χ1n) is 3.68. The molecule has 0 unspecified atom stereocenters.